The molecule has 0 radical (unpaired) electrons. The maximum atomic E-state index is 13.1. The van der Waals surface area contributed by atoms with Gasteiger partial charge < -0.3 is 46.6 Å². The van der Waals surface area contributed by atoms with Crippen molar-refractivity contribution in [1.29, 1.82) is 0 Å². The molecule has 0 unspecified atom stereocenters. The molecule has 2 aromatic carbocycles. The van der Waals surface area contributed by atoms with Gasteiger partial charge in [-0.2, -0.15) is 0 Å². The standard InChI is InChI=1S/C25H25N5O3S.C14H11N3O3S.C11H16N2O/c1-32-24-19(11-17(14-29-24)15-8-9-20-21(12-15)34-25(26)30-20)22(31)28-13-16-5-4-10-27-23(16)33-18-6-2-3-7-18;1-20-12-9(13(18)19)4-8(6-16-12)7-2-3-10-11(5-7)21-14(15)17-10;12-8-9-4-3-7-13-11(9)14-10-5-1-2-6-10/h4-5,8-12,14,18H,2-3,6-7,13H2,1H3,(H2,26,30)(H,28,31);2-6H,1H3,(H2,15,17)(H,18,19);3-4,7,10H,1-2,5-6,8,12H2. The SMILES string of the molecule is COc1ncc(-c2ccc3nc(N)sc3c2)cc1C(=O)NCc1cccnc1OC1CCCC1.COc1ncc(-c2ccc3nc(N)sc3c2)cc1C(=O)O.NCc1cccnc1OC1CCCC1. The number of methoxy groups -OCH3 is 2. The van der Waals surface area contributed by atoms with Gasteiger partial charge in [0.05, 0.1) is 34.7 Å². The first kappa shape index (κ1) is 48.0. The molecular weight excluding hydrogens is 917 g/mol. The highest BCUT2D eigenvalue weighted by Crippen LogP contribution is 2.33. The van der Waals surface area contributed by atoms with Crippen LogP contribution in [-0.4, -0.2) is 73.3 Å². The number of nitrogen functional groups attached to an aromatic ring is 2. The smallest absolute Gasteiger partial charge is 0.341 e. The summed E-state index contributed by atoms with van der Waals surface area (Å²) in [5.41, 5.74) is 24.3. The average molecular weight is 969 g/mol. The molecule has 6 aromatic heterocycles. The second-order valence-electron chi connectivity index (χ2n) is 16.2. The van der Waals surface area contributed by atoms with Crippen LogP contribution in [0.1, 0.15) is 83.2 Å². The van der Waals surface area contributed by atoms with Crippen LogP contribution in [0, 0.1) is 0 Å². The Kier molecular flexibility index (Phi) is 15.7. The Bertz CT molecular complexity index is 3060. The van der Waals surface area contributed by atoms with Crippen molar-refractivity contribution >= 4 is 65.2 Å². The summed E-state index contributed by atoms with van der Waals surface area (Å²) in [6.07, 6.45) is 16.6. The first-order valence-electron chi connectivity index (χ1n) is 22.4. The van der Waals surface area contributed by atoms with Crippen molar-refractivity contribution in [2.75, 3.05) is 25.7 Å². The van der Waals surface area contributed by atoms with Crippen LogP contribution in [-0.2, 0) is 13.1 Å². The quantitative estimate of drug-likeness (QED) is 0.0721. The number of carbonyl (C=O) groups excluding carboxylic acids is 1. The fraction of sp³-hybridized carbons (Fsp3) is 0.280. The van der Waals surface area contributed by atoms with Gasteiger partial charge in [-0.3, -0.25) is 4.79 Å². The molecule has 2 fully saturated rings. The van der Waals surface area contributed by atoms with Crippen LogP contribution >= 0.6 is 22.7 Å². The van der Waals surface area contributed by atoms with E-state index in [1.165, 1.54) is 62.6 Å². The number of carboxylic acids is 1. The highest BCUT2D eigenvalue weighted by Gasteiger charge is 2.21. The molecular formula is C50H52N10O7S2. The lowest BCUT2D eigenvalue weighted by atomic mass is 10.1. The zero-order chi connectivity index (χ0) is 48.3. The van der Waals surface area contributed by atoms with Gasteiger partial charge >= 0.3 is 5.97 Å². The predicted molar refractivity (Wildman–Crippen MR) is 268 cm³/mol. The second-order valence-corrected chi connectivity index (χ2v) is 18.3. The number of nitrogens with one attached hydrogen (secondary N) is 1. The molecule has 17 nitrogen and oxygen atoms in total. The van der Waals surface area contributed by atoms with Crippen LogP contribution in [0.5, 0.6) is 23.5 Å². The maximum absolute atomic E-state index is 13.1. The molecule has 2 saturated carbocycles. The van der Waals surface area contributed by atoms with E-state index in [1.807, 2.05) is 60.7 Å². The number of amides is 1. The number of carbonyl (C=O) groups is 2. The van der Waals surface area contributed by atoms with Crippen LogP contribution in [0.3, 0.4) is 0 Å². The summed E-state index contributed by atoms with van der Waals surface area (Å²) in [7, 11) is 2.89. The summed E-state index contributed by atoms with van der Waals surface area (Å²) in [4.78, 5) is 49.9. The molecule has 0 bridgehead atoms. The molecule has 356 valence electrons. The molecule has 8 N–H and O–H groups in total. The highest BCUT2D eigenvalue weighted by atomic mass is 32.1. The Morgan fingerprint density at radius 1 is 0.638 bits per heavy atom. The van der Waals surface area contributed by atoms with Gasteiger partial charge in [0, 0.05) is 60.1 Å². The topological polar surface area (TPSA) is 259 Å². The number of aromatic nitrogens is 6. The molecule has 0 spiro atoms. The number of carboxylic acid groups (broad SMARTS) is 1. The number of aromatic carboxylic acids is 1. The molecule has 0 aliphatic heterocycles. The molecule has 69 heavy (non-hydrogen) atoms. The number of fused-ring (bicyclic) bond motifs is 2. The molecule has 0 saturated heterocycles. The van der Waals surface area contributed by atoms with E-state index in [1.54, 1.807) is 36.9 Å². The third-order valence-electron chi connectivity index (χ3n) is 11.6. The van der Waals surface area contributed by atoms with E-state index < -0.39 is 5.97 Å². The summed E-state index contributed by atoms with van der Waals surface area (Å²) < 4.78 is 24.1. The molecule has 1 amide bonds. The van der Waals surface area contributed by atoms with Gasteiger partial charge in [-0.15, -0.1) is 0 Å². The monoisotopic (exact) mass is 968 g/mol. The van der Waals surface area contributed by atoms with Crippen molar-refractivity contribution < 1.29 is 33.6 Å². The fourth-order valence-corrected chi connectivity index (χ4v) is 9.60. The average Bonchev–Trinajstić information content (AvgIpc) is 4.22. The minimum atomic E-state index is -1.08. The van der Waals surface area contributed by atoms with E-state index in [9.17, 15) is 14.7 Å². The lowest BCUT2D eigenvalue weighted by molar-refractivity contribution is 0.0692. The summed E-state index contributed by atoms with van der Waals surface area (Å²) in [6.45, 7) is 0.782. The maximum Gasteiger partial charge on any atom is 0.341 e. The van der Waals surface area contributed by atoms with Gasteiger partial charge in [0.1, 0.15) is 23.3 Å². The minimum absolute atomic E-state index is 0.0268. The molecule has 0 atom stereocenters. The zero-order valence-electron chi connectivity index (χ0n) is 38.1. The Hall–Kier alpha value is -7.48. The third kappa shape index (κ3) is 12.0. The van der Waals surface area contributed by atoms with Gasteiger partial charge in [-0.1, -0.05) is 46.9 Å². The van der Waals surface area contributed by atoms with E-state index in [-0.39, 0.29) is 35.9 Å². The van der Waals surface area contributed by atoms with Crippen LogP contribution in [0.25, 0.3) is 42.7 Å². The molecule has 19 heteroatoms. The molecule has 2 aliphatic carbocycles. The van der Waals surface area contributed by atoms with E-state index >= 15 is 0 Å². The second kappa shape index (κ2) is 22.5. The van der Waals surface area contributed by atoms with E-state index in [0.717, 1.165) is 79.8 Å². The number of nitrogens with zero attached hydrogens (tertiary/aromatic N) is 6. The number of thiazole rings is 2. The molecule has 10 rings (SSSR count). The van der Waals surface area contributed by atoms with Crippen molar-refractivity contribution in [2.45, 2.75) is 76.7 Å². The van der Waals surface area contributed by atoms with Crippen molar-refractivity contribution in [2.24, 2.45) is 5.73 Å². The Balaban J connectivity index is 0.000000155. The number of benzene rings is 2. The summed E-state index contributed by atoms with van der Waals surface area (Å²) in [6, 6.07) is 22.4. The lowest BCUT2D eigenvalue weighted by Crippen LogP contribution is -2.24. The number of ether oxygens (including phenoxy) is 4. The molecule has 8 aromatic rings. The number of nitrogens with two attached hydrogens (primary N) is 3. The fourth-order valence-electron chi connectivity index (χ4n) is 8.05. The normalized spacial score (nSPS) is 13.6. The van der Waals surface area contributed by atoms with Crippen LogP contribution in [0.15, 0.2) is 97.6 Å². The first-order chi connectivity index (χ1) is 33.6. The predicted octanol–water partition coefficient (Wildman–Crippen LogP) is 9.10. The molecule has 6 heterocycles. The van der Waals surface area contributed by atoms with Gasteiger partial charge in [0.25, 0.3) is 5.91 Å². The van der Waals surface area contributed by atoms with Gasteiger partial charge in [0.2, 0.25) is 23.5 Å². The van der Waals surface area contributed by atoms with Crippen molar-refractivity contribution in [3.05, 3.63) is 120 Å². The van der Waals surface area contributed by atoms with Crippen LogP contribution < -0.4 is 41.5 Å². The summed E-state index contributed by atoms with van der Waals surface area (Å²) in [5, 5.41) is 13.2. The largest absolute Gasteiger partial charge is 0.480 e. The highest BCUT2D eigenvalue weighted by molar-refractivity contribution is 7.22. The Morgan fingerprint density at radius 3 is 1.61 bits per heavy atom. The number of anilines is 2. The van der Waals surface area contributed by atoms with Crippen LogP contribution in [0.4, 0.5) is 10.3 Å². The minimum Gasteiger partial charge on any atom is -0.480 e. The number of rotatable bonds is 13. The van der Waals surface area contributed by atoms with Crippen molar-refractivity contribution in [1.82, 2.24) is 35.2 Å². The third-order valence-corrected chi connectivity index (χ3v) is 13.3. The van der Waals surface area contributed by atoms with E-state index in [0.29, 0.717) is 39.9 Å². The number of hydrogen-bond acceptors (Lipinski definition) is 17. The van der Waals surface area contributed by atoms with Crippen molar-refractivity contribution in [3.8, 4) is 45.8 Å². The lowest BCUT2D eigenvalue weighted by Gasteiger charge is -2.16. The van der Waals surface area contributed by atoms with Gasteiger partial charge in [-0.05, 0) is 111 Å². The molecule has 2 aliphatic rings. The Morgan fingerprint density at radius 2 is 1.12 bits per heavy atom. The zero-order valence-corrected chi connectivity index (χ0v) is 39.7. The Labute approximate surface area is 406 Å². The first-order valence-corrected chi connectivity index (χ1v) is 24.1. The van der Waals surface area contributed by atoms with Crippen molar-refractivity contribution in [3.63, 3.8) is 0 Å². The van der Waals surface area contributed by atoms with E-state index in [4.69, 9.17) is 36.1 Å². The van der Waals surface area contributed by atoms with Crippen LogP contribution in [0.2, 0.25) is 0 Å². The number of hydrogen-bond donors (Lipinski definition) is 5. The summed E-state index contributed by atoms with van der Waals surface area (Å²) >= 11 is 2.81. The van der Waals surface area contributed by atoms with Gasteiger partial charge in [-0.25, -0.2) is 34.7 Å². The summed E-state index contributed by atoms with van der Waals surface area (Å²) in [5.74, 6) is 0.286. The van der Waals surface area contributed by atoms with Gasteiger partial charge in [0.15, 0.2) is 10.3 Å². The van der Waals surface area contributed by atoms with E-state index in [2.05, 4.69) is 35.2 Å². The number of pyridine rings is 4.